The highest BCUT2D eigenvalue weighted by atomic mass is 32.2. The van der Waals surface area contributed by atoms with E-state index in [0.717, 1.165) is 40.8 Å². The van der Waals surface area contributed by atoms with E-state index in [9.17, 15) is 31.2 Å². The molecule has 0 bridgehead atoms. The lowest BCUT2D eigenvalue weighted by atomic mass is 9.72. The van der Waals surface area contributed by atoms with Crippen molar-refractivity contribution in [1.29, 1.82) is 0 Å². The SMILES string of the molecule is CC(C)(C)/C=C/c1ccc(C(C(=O)Nc2ccc(OC(F)(F)F)cc2)C2CCCc3cc(C(=O)NCCS(=O)(=O)O)ccc32)cc1. The van der Waals surface area contributed by atoms with Crippen molar-refractivity contribution >= 4 is 33.7 Å². The normalized spacial score (nSPS) is 16.0. The molecule has 1 aliphatic carbocycles. The number of nitrogens with one attached hydrogen (secondary N) is 2. The molecule has 0 aliphatic heterocycles. The van der Waals surface area contributed by atoms with Crippen LogP contribution in [0, 0.1) is 5.41 Å². The second-order valence-electron chi connectivity index (χ2n) is 12.4. The fraction of sp³-hybridized carbons (Fsp3) is 0.353. The minimum absolute atomic E-state index is 0.0140. The minimum Gasteiger partial charge on any atom is -0.406 e. The first-order chi connectivity index (χ1) is 21.5. The minimum atomic E-state index is -4.83. The molecule has 3 aromatic rings. The quantitative estimate of drug-likeness (QED) is 0.200. The Hall–Kier alpha value is -4.16. The summed E-state index contributed by atoms with van der Waals surface area (Å²) in [4.78, 5) is 26.7. The Morgan fingerprint density at radius 2 is 1.70 bits per heavy atom. The largest absolute Gasteiger partial charge is 0.573 e. The first-order valence-corrected chi connectivity index (χ1v) is 16.4. The lowest BCUT2D eigenvalue weighted by molar-refractivity contribution is -0.274. The number of allylic oxidation sites excluding steroid dienone is 1. The Labute approximate surface area is 266 Å². The van der Waals surface area contributed by atoms with E-state index in [-0.39, 0.29) is 23.8 Å². The molecule has 3 aromatic carbocycles. The Morgan fingerprint density at radius 1 is 1.02 bits per heavy atom. The number of carbonyl (C=O) groups excluding carboxylic acids is 2. The number of alkyl halides is 3. The number of amides is 2. The fourth-order valence-corrected chi connectivity index (χ4v) is 5.78. The van der Waals surface area contributed by atoms with Gasteiger partial charge in [0.15, 0.2) is 0 Å². The van der Waals surface area contributed by atoms with E-state index in [4.69, 9.17) is 4.55 Å². The van der Waals surface area contributed by atoms with Gasteiger partial charge in [0, 0.05) is 17.8 Å². The molecule has 2 atom stereocenters. The third-order valence-corrected chi connectivity index (χ3v) is 8.24. The first-order valence-electron chi connectivity index (χ1n) is 14.8. The molecule has 0 saturated heterocycles. The maximum Gasteiger partial charge on any atom is 0.573 e. The second kappa shape index (κ2) is 14.1. The van der Waals surface area contributed by atoms with Gasteiger partial charge in [0.2, 0.25) is 5.91 Å². The monoisotopic (exact) mass is 658 g/mol. The molecule has 0 heterocycles. The van der Waals surface area contributed by atoms with Crippen LogP contribution in [-0.2, 0) is 21.3 Å². The summed E-state index contributed by atoms with van der Waals surface area (Å²) in [5.41, 5.74) is 4.12. The summed E-state index contributed by atoms with van der Waals surface area (Å²) in [5.74, 6) is -2.78. The molecule has 2 unspecified atom stereocenters. The van der Waals surface area contributed by atoms with Gasteiger partial charge in [-0.1, -0.05) is 63.3 Å². The van der Waals surface area contributed by atoms with Gasteiger partial charge in [0.05, 0.1) is 11.7 Å². The van der Waals surface area contributed by atoms with Crippen LogP contribution in [0.5, 0.6) is 5.75 Å². The molecule has 1 aliphatic rings. The van der Waals surface area contributed by atoms with Crippen LogP contribution in [0.4, 0.5) is 18.9 Å². The smallest absolute Gasteiger partial charge is 0.406 e. The molecule has 0 fully saturated rings. The van der Waals surface area contributed by atoms with Crippen molar-refractivity contribution in [2.24, 2.45) is 5.41 Å². The van der Waals surface area contributed by atoms with Crippen LogP contribution >= 0.6 is 0 Å². The molecule has 2 amide bonds. The maximum absolute atomic E-state index is 14.0. The number of hydrogen-bond acceptors (Lipinski definition) is 5. The van der Waals surface area contributed by atoms with Crippen molar-refractivity contribution in [2.75, 3.05) is 17.6 Å². The second-order valence-corrected chi connectivity index (χ2v) is 13.9. The van der Waals surface area contributed by atoms with E-state index >= 15 is 0 Å². The molecule has 46 heavy (non-hydrogen) atoms. The van der Waals surface area contributed by atoms with Crippen LogP contribution in [0.3, 0.4) is 0 Å². The van der Waals surface area contributed by atoms with Gasteiger partial charge >= 0.3 is 6.36 Å². The van der Waals surface area contributed by atoms with Gasteiger partial charge in [0.25, 0.3) is 16.0 Å². The van der Waals surface area contributed by atoms with E-state index in [1.54, 1.807) is 18.2 Å². The number of carbonyl (C=O) groups is 2. The third-order valence-electron chi connectivity index (χ3n) is 7.52. The number of hydrogen-bond donors (Lipinski definition) is 3. The molecular weight excluding hydrogens is 621 g/mol. The average Bonchev–Trinajstić information content (AvgIpc) is 2.96. The number of halogens is 3. The summed E-state index contributed by atoms with van der Waals surface area (Å²) >= 11 is 0. The molecule has 0 radical (unpaired) electrons. The lowest BCUT2D eigenvalue weighted by Gasteiger charge is -2.32. The van der Waals surface area contributed by atoms with Gasteiger partial charge < -0.3 is 15.4 Å². The Balaban J connectivity index is 1.64. The van der Waals surface area contributed by atoms with Crippen molar-refractivity contribution in [3.8, 4) is 5.75 Å². The van der Waals surface area contributed by atoms with E-state index in [2.05, 4.69) is 42.2 Å². The van der Waals surface area contributed by atoms with E-state index < -0.39 is 39.8 Å². The topological polar surface area (TPSA) is 122 Å². The van der Waals surface area contributed by atoms with Crippen molar-refractivity contribution in [3.05, 3.63) is 101 Å². The fourth-order valence-electron chi connectivity index (χ4n) is 5.42. The molecule has 0 saturated carbocycles. The number of rotatable bonds is 10. The van der Waals surface area contributed by atoms with Gasteiger partial charge in [-0.25, -0.2) is 0 Å². The standard InChI is InChI=1S/C34H37F3N2O6S/c1-33(2,3)18-17-22-7-9-23(10-8-22)30(32(41)39-26-12-14-27(15-13-26)45-34(35,36)37)29-6-4-5-24-21-25(11-16-28(24)29)31(40)38-19-20-46(42,43)44/h7-18,21,29-30H,4-6,19-20H2,1-3H3,(H,38,40)(H,39,41)(H,42,43,44)/b18-17+. The number of benzene rings is 3. The Kier molecular flexibility index (Phi) is 10.6. The van der Waals surface area contributed by atoms with Crippen molar-refractivity contribution in [3.63, 3.8) is 0 Å². The van der Waals surface area contributed by atoms with Gasteiger partial charge in [-0.05, 0) is 89.2 Å². The zero-order valence-corrected chi connectivity index (χ0v) is 26.5. The molecule has 4 rings (SSSR count). The summed E-state index contributed by atoms with van der Waals surface area (Å²) in [6.45, 7) is 6.03. The zero-order chi connectivity index (χ0) is 33.7. The van der Waals surface area contributed by atoms with Crippen molar-refractivity contribution in [2.45, 2.75) is 58.2 Å². The predicted octanol–water partition coefficient (Wildman–Crippen LogP) is 7.10. The zero-order valence-electron chi connectivity index (χ0n) is 25.7. The molecule has 3 N–H and O–H groups in total. The van der Waals surface area contributed by atoms with Crippen LogP contribution in [0.1, 0.15) is 78.1 Å². The Morgan fingerprint density at radius 3 is 2.30 bits per heavy atom. The lowest BCUT2D eigenvalue weighted by Crippen LogP contribution is -2.30. The average molecular weight is 659 g/mol. The molecule has 0 spiro atoms. The molecule has 246 valence electrons. The maximum atomic E-state index is 14.0. The molecular formula is C34H37F3N2O6S. The number of ether oxygens (including phenoxy) is 1. The summed E-state index contributed by atoms with van der Waals surface area (Å²) < 4.78 is 72.8. The van der Waals surface area contributed by atoms with Crippen LogP contribution in [0.25, 0.3) is 6.08 Å². The molecule has 0 aromatic heterocycles. The van der Waals surface area contributed by atoms with Gasteiger partial charge in [-0.2, -0.15) is 8.42 Å². The number of aryl methyl sites for hydroxylation is 1. The van der Waals surface area contributed by atoms with Crippen LogP contribution in [0.2, 0.25) is 0 Å². The summed E-state index contributed by atoms with van der Waals surface area (Å²) in [5, 5.41) is 5.35. The Bertz CT molecular complexity index is 1680. The summed E-state index contributed by atoms with van der Waals surface area (Å²) in [7, 11) is -4.22. The first kappa shape index (κ1) is 34.7. The summed E-state index contributed by atoms with van der Waals surface area (Å²) in [6.07, 6.45) is 1.36. The van der Waals surface area contributed by atoms with E-state index in [1.807, 2.05) is 30.3 Å². The predicted molar refractivity (Wildman–Crippen MR) is 170 cm³/mol. The third kappa shape index (κ3) is 10.2. The van der Waals surface area contributed by atoms with Crippen LogP contribution < -0.4 is 15.4 Å². The van der Waals surface area contributed by atoms with Crippen molar-refractivity contribution in [1.82, 2.24) is 5.32 Å². The number of fused-ring (bicyclic) bond motifs is 1. The molecule has 8 nitrogen and oxygen atoms in total. The highest BCUT2D eigenvalue weighted by Crippen LogP contribution is 2.43. The van der Waals surface area contributed by atoms with Crippen LogP contribution in [0.15, 0.2) is 72.8 Å². The summed E-state index contributed by atoms with van der Waals surface area (Å²) in [6, 6.07) is 17.8. The highest BCUT2D eigenvalue weighted by Gasteiger charge is 2.35. The van der Waals surface area contributed by atoms with Gasteiger partial charge in [-0.3, -0.25) is 14.1 Å². The van der Waals surface area contributed by atoms with E-state index in [1.165, 1.54) is 12.1 Å². The molecule has 12 heteroatoms. The highest BCUT2D eigenvalue weighted by molar-refractivity contribution is 7.85. The number of anilines is 1. The van der Waals surface area contributed by atoms with Gasteiger partial charge in [0.1, 0.15) is 5.75 Å². The van der Waals surface area contributed by atoms with Crippen LogP contribution in [-0.4, -0.2) is 43.4 Å². The van der Waals surface area contributed by atoms with E-state index in [0.29, 0.717) is 24.1 Å². The van der Waals surface area contributed by atoms with Crippen molar-refractivity contribution < 1.29 is 40.5 Å². The van der Waals surface area contributed by atoms with Gasteiger partial charge in [-0.15, -0.1) is 13.2 Å².